The molecule has 0 saturated heterocycles. The second kappa shape index (κ2) is 9.61. The highest BCUT2D eigenvalue weighted by Crippen LogP contribution is 2.45. The third-order valence-electron chi connectivity index (χ3n) is 7.48. The third-order valence-corrected chi connectivity index (χ3v) is 8.08. The summed E-state index contributed by atoms with van der Waals surface area (Å²) in [6.45, 7) is 1.80. The van der Waals surface area contributed by atoms with Gasteiger partial charge < -0.3 is 16.4 Å². The molecule has 0 radical (unpaired) electrons. The van der Waals surface area contributed by atoms with Gasteiger partial charge in [-0.2, -0.15) is 18.2 Å². The van der Waals surface area contributed by atoms with E-state index in [4.69, 9.17) is 28.9 Å². The molecule has 15 heteroatoms. The number of hydrogen-bond donors (Lipinski definition) is 3. The standard InChI is InChI=1S/C24H24Cl2F5N7O/c1-22(19(32)39)4-2-13(3-5-22)38-18-16(10-33-20(37-18)34-12-8-23(27,28)9-12)35-21(38)36-17-14(25)6-11(7-15(17)26)24(29,30)31/h6-7,10,12-13H,2-5,8-9H2,1H3,(H2,32,39)(H,35,36)(H,33,34,37). The number of halogens is 7. The Morgan fingerprint density at radius 2 is 1.74 bits per heavy atom. The number of nitrogens with one attached hydrogen (secondary N) is 2. The summed E-state index contributed by atoms with van der Waals surface area (Å²) in [6.07, 6.45) is -1.86. The van der Waals surface area contributed by atoms with Crippen LogP contribution in [0.2, 0.25) is 10.0 Å². The molecule has 0 spiro atoms. The fourth-order valence-corrected chi connectivity index (χ4v) is 5.63. The lowest BCUT2D eigenvalue weighted by molar-refractivity contribution is -0.137. The number of benzene rings is 1. The Bertz CT molecular complexity index is 1410. The molecule has 0 aliphatic heterocycles. The second-order valence-electron chi connectivity index (χ2n) is 10.4. The molecule has 1 aromatic carbocycles. The first-order chi connectivity index (χ1) is 18.1. The molecule has 2 saturated carbocycles. The summed E-state index contributed by atoms with van der Waals surface area (Å²) in [6, 6.07) is 0.810. The molecular weight excluding hydrogens is 568 g/mol. The summed E-state index contributed by atoms with van der Waals surface area (Å²) in [5.41, 5.74) is 4.66. The first kappa shape index (κ1) is 27.6. The fourth-order valence-electron chi connectivity index (χ4n) is 5.05. The van der Waals surface area contributed by atoms with Crippen LogP contribution in [0, 0.1) is 5.41 Å². The highest BCUT2D eigenvalue weighted by atomic mass is 35.5. The highest BCUT2D eigenvalue weighted by Gasteiger charge is 2.45. The summed E-state index contributed by atoms with van der Waals surface area (Å²) in [5, 5.41) is 5.33. The number of aromatic nitrogens is 4. The van der Waals surface area contributed by atoms with Crippen LogP contribution in [0.1, 0.15) is 57.1 Å². The Hall–Kier alpha value is -2.93. The van der Waals surface area contributed by atoms with Gasteiger partial charge in [0.1, 0.15) is 5.52 Å². The van der Waals surface area contributed by atoms with Crippen molar-refractivity contribution in [1.82, 2.24) is 19.5 Å². The number of imidazole rings is 1. The molecule has 5 rings (SSSR count). The molecule has 2 aliphatic rings. The van der Waals surface area contributed by atoms with E-state index in [1.807, 2.05) is 0 Å². The van der Waals surface area contributed by atoms with Gasteiger partial charge >= 0.3 is 6.18 Å². The zero-order valence-electron chi connectivity index (χ0n) is 20.5. The molecule has 2 heterocycles. The predicted octanol–water partition coefficient (Wildman–Crippen LogP) is 6.71. The van der Waals surface area contributed by atoms with Crippen LogP contribution < -0.4 is 16.4 Å². The number of anilines is 3. The molecule has 1 amide bonds. The number of alkyl halides is 5. The van der Waals surface area contributed by atoms with E-state index in [1.54, 1.807) is 11.5 Å². The van der Waals surface area contributed by atoms with Gasteiger partial charge in [0.2, 0.25) is 17.8 Å². The van der Waals surface area contributed by atoms with Gasteiger partial charge in [0.25, 0.3) is 5.92 Å². The molecule has 0 unspecified atom stereocenters. The number of fused-ring (bicyclic) bond motifs is 1. The molecule has 210 valence electrons. The van der Waals surface area contributed by atoms with E-state index in [0.29, 0.717) is 36.8 Å². The van der Waals surface area contributed by atoms with Gasteiger partial charge in [-0.25, -0.2) is 18.7 Å². The molecular formula is C24H24Cl2F5N7O. The van der Waals surface area contributed by atoms with Crippen LogP contribution in [-0.4, -0.2) is 37.4 Å². The van der Waals surface area contributed by atoms with Crippen molar-refractivity contribution in [3.63, 3.8) is 0 Å². The van der Waals surface area contributed by atoms with Crippen LogP contribution in [-0.2, 0) is 11.0 Å². The minimum atomic E-state index is -4.64. The Balaban J connectivity index is 1.53. The topological polar surface area (TPSA) is 111 Å². The van der Waals surface area contributed by atoms with Crippen molar-refractivity contribution < 1.29 is 26.7 Å². The lowest BCUT2D eigenvalue weighted by Gasteiger charge is -2.36. The summed E-state index contributed by atoms with van der Waals surface area (Å²) < 4.78 is 68.1. The van der Waals surface area contributed by atoms with E-state index in [9.17, 15) is 26.7 Å². The average Bonchev–Trinajstić information content (AvgIpc) is 3.17. The van der Waals surface area contributed by atoms with E-state index in [-0.39, 0.29) is 46.5 Å². The van der Waals surface area contributed by atoms with Gasteiger partial charge in [0.15, 0.2) is 5.65 Å². The molecule has 0 bridgehead atoms. The molecule has 2 fully saturated rings. The molecule has 0 atom stereocenters. The lowest BCUT2D eigenvalue weighted by atomic mass is 9.73. The number of nitrogens with two attached hydrogens (primary N) is 1. The zero-order valence-corrected chi connectivity index (χ0v) is 22.1. The number of amides is 1. The van der Waals surface area contributed by atoms with E-state index < -0.39 is 35.0 Å². The van der Waals surface area contributed by atoms with Gasteiger partial charge in [-0.15, -0.1) is 0 Å². The summed E-state index contributed by atoms with van der Waals surface area (Å²) in [5.74, 6) is -2.79. The maximum Gasteiger partial charge on any atom is 0.416 e. The molecule has 2 aromatic heterocycles. The average molecular weight is 592 g/mol. The van der Waals surface area contributed by atoms with Crippen molar-refractivity contribution in [1.29, 1.82) is 0 Å². The van der Waals surface area contributed by atoms with Crippen molar-refractivity contribution in [3.05, 3.63) is 33.9 Å². The summed E-state index contributed by atoms with van der Waals surface area (Å²) >= 11 is 12.4. The Morgan fingerprint density at radius 1 is 1.13 bits per heavy atom. The van der Waals surface area contributed by atoms with Crippen LogP contribution >= 0.6 is 23.2 Å². The minimum absolute atomic E-state index is 0.0173. The quantitative estimate of drug-likeness (QED) is 0.275. The minimum Gasteiger partial charge on any atom is -0.369 e. The first-order valence-corrected chi connectivity index (χ1v) is 12.9. The Morgan fingerprint density at radius 3 is 2.28 bits per heavy atom. The maximum absolute atomic E-state index is 13.3. The lowest BCUT2D eigenvalue weighted by Crippen LogP contribution is -2.44. The highest BCUT2D eigenvalue weighted by molar-refractivity contribution is 6.39. The number of primary amides is 1. The smallest absolute Gasteiger partial charge is 0.369 e. The predicted molar refractivity (Wildman–Crippen MR) is 136 cm³/mol. The van der Waals surface area contributed by atoms with Crippen LogP contribution in [0.25, 0.3) is 11.2 Å². The number of carbonyl (C=O) groups is 1. The van der Waals surface area contributed by atoms with Crippen molar-refractivity contribution in [2.75, 3.05) is 10.6 Å². The van der Waals surface area contributed by atoms with Crippen molar-refractivity contribution >= 4 is 57.9 Å². The monoisotopic (exact) mass is 591 g/mol. The normalized spacial score (nSPS) is 23.4. The maximum atomic E-state index is 13.3. The summed E-state index contributed by atoms with van der Waals surface area (Å²) in [4.78, 5) is 25.2. The summed E-state index contributed by atoms with van der Waals surface area (Å²) in [7, 11) is 0. The largest absolute Gasteiger partial charge is 0.416 e. The van der Waals surface area contributed by atoms with Crippen molar-refractivity contribution in [3.8, 4) is 0 Å². The van der Waals surface area contributed by atoms with E-state index in [1.165, 1.54) is 6.20 Å². The SMILES string of the molecule is CC1(C(N)=O)CCC(n2c(Nc3c(Cl)cc(C(F)(F)F)cc3Cl)nc3cnc(NC4CC(F)(F)C4)nc32)CC1. The molecule has 3 aromatic rings. The Labute approximate surface area is 229 Å². The molecule has 39 heavy (non-hydrogen) atoms. The molecule has 4 N–H and O–H groups in total. The van der Waals surface area contributed by atoms with E-state index >= 15 is 0 Å². The number of hydrogen-bond acceptors (Lipinski definition) is 6. The van der Waals surface area contributed by atoms with Gasteiger partial charge in [0, 0.05) is 30.3 Å². The second-order valence-corrected chi connectivity index (χ2v) is 11.2. The van der Waals surface area contributed by atoms with Crippen LogP contribution in [0.3, 0.4) is 0 Å². The molecule has 2 aliphatic carbocycles. The molecule has 8 nitrogen and oxygen atoms in total. The van der Waals surface area contributed by atoms with Crippen LogP contribution in [0.4, 0.5) is 39.5 Å². The fraction of sp³-hybridized carbons (Fsp3) is 0.500. The van der Waals surface area contributed by atoms with Crippen LogP contribution in [0.15, 0.2) is 18.3 Å². The first-order valence-electron chi connectivity index (χ1n) is 12.2. The van der Waals surface area contributed by atoms with E-state index in [2.05, 4.69) is 25.6 Å². The van der Waals surface area contributed by atoms with Crippen LogP contribution in [0.5, 0.6) is 0 Å². The van der Waals surface area contributed by atoms with Gasteiger partial charge in [-0.05, 0) is 37.8 Å². The van der Waals surface area contributed by atoms with Crippen molar-refractivity contribution in [2.24, 2.45) is 11.1 Å². The zero-order chi connectivity index (χ0) is 28.3. The number of carbonyl (C=O) groups excluding carboxylic acids is 1. The van der Waals surface area contributed by atoms with Gasteiger partial charge in [-0.3, -0.25) is 9.36 Å². The van der Waals surface area contributed by atoms with Gasteiger partial charge in [-0.1, -0.05) is 30.1 Å². The Kier molecular flexibility index (Phi) is 6.81. The number of nitrogens with zero attached hydrogens (tertiary/aromatic N) is 4. The van der Waals surface area contributed by atoms with Gasteiger partial charge in [0.05, 0.1) is 27.5 Å². The third kappa shape index (κ3) is 5.43. The van der Waals surface area contributed by atoms with E-state index in [0.717, 1.165) is 12.1 Å². The van der Waals surface area contributed by atoms with Crippen molar-refractivity contribution in [2.45, 2.75) is 69.6 Å². The number of rotatable bonds is 6.